The molecule has 1 aromatic heterocycles. The van der Waals surface area contributed by atoms with Crippen LogP contribution in [0, 0.1) is 5.82 Å². The van der Waals surface area contributed by atoms with Crippen LogP contribution in [0.1, 0.15) is 36.2 Å². The van der Waals surface area contributed by atoms with Crippen LogP contribution in [0.25, 0.3) is 5.69 Å². The molecule has 2 aromatic carbocycles. The second-order valence-corrected chi connectivity index (χ2v) is 6.41. The van der Waals surface area contributed by atoms with Gasteiger partial charge in [-0.3, -0.25) is 4.99 Å². The Morgan fingerprint density at radius 3 is 2.48 bits per heavy atom. The van der Waals surface area contributed by atoms with E-state index in [1.807, 2.05) is 41.1 Å². The van der Waals surface area contributed by atoms with E-state index in [1.54, 1.807) is 26.4 Å². The molecule has 3 aromatic rings. The lowest BCUT2D eigenvalue weighted by Crippen LogP contribution is -2.10. The number of aliphatic imine (C=N–C) groups is 1. The first-order valence-electron chi connectivity index (χ1n) is 8.94. The van der Waals surface area contributed by atoms with Gasteiger partial charge in [-0.2, -0.15) is 0 Å². The number of hydrogen-bond donors (Lipinski definition) is 0. The van der Waals surface area contributed by atoms with Gasteiger partial charge in [-0.05, 0) is 36.8 Å². The molecule has 0 fully saturated rings. The van der Waals surface area contributed by atoms with E-state index in [9.17, 15) is 4.39 Å². The fraction of sp³-hybridized carbons (Fsp3) is 0.227. The monoisotopic (exact) mass is 364 g/mol. The molecule has 5 heteroatoms. The molecule has 1 aliphatic heterocycles. The predicted octanol–water partition coefficient (Wildman–Crippen LogP) is 4.94. The highest BCUT2D eigenvalue weighted by molar-refractivity contribution is 6.13. The van der Waals surface area contributed by atoms with Gasteiger partial charge in [0.15, 0.2) is 11.5 Å². The van der Waals surface area contributed by atoms with E-state index < -0.39 is 0 Å². The number of ether oxygens (including phenoxy) is 2. The lowest BCUT2D eigenvalue weighted by Gasteiger charge is -2.18. The normalized spacial score (nSPS) is 15.4. The van der Waals surface area contributed by atoms with Crippen LogP contribution < -0.4 is 9.47 Å². The highest BCUT2D eigenvalue weighted by Crippen LogP contribution is 2.40. The summed E-state index contributed by atoms with van der Waals surface area (Å²) in [6.45, 7) is 2.08. The van der Waals surface area contributed by atoms with Gasteiger partial charge in [-0.25, -0.2) is 4.39 Å². The van der Waals surface area contributed by atoms with Crippen molar-refractivity contribution in [1.82, 2.24) is 4.57 Å². The van der Waals surface area contributed by atoms with Crippen molar-refractivity contribution in [1.29, 1.82) is 0 Å². The highest BCUT2D eigenvalue weighted by Gasteiger charge is 2.26. The lowest BCUT2D eigenvalue weighted by atomic mass is 10.0. The van der Waals surface area contributed by atoms with Crippen molar-refractivity contribution < 1.29 is 13.9 Å². The third kappa shape index (κ3) is 2.79. The second-order valence-electron chi connectivity index (χ2n) is 6.41. The van der Waals surface area contributed by atoms with E-state index in [0.29, 0.717) is 22.8 Å². The smallest absolute Gasteiger partial charge is 0.162 e. The van der Waals surface area contributed by atoms with Crippen molar-refractivity contribution in [2.24, 2.45) is 4.99 Å². The fourth-order valence-corrected chi connectivity index (χ4v) is 3.61. The number of aromatic nitrogens is 1. The van der Waals surface area contributed by atoms with E-state index in [0.717, 1.165) is 23.4 Å². The number of fused-ring (bicyclic) bond motifs is 3. The number of rotatable bonds is 4. The predicted molar refractivity (Wildman–Crippen MR) is 104 cm³/mol. The van der Waals surface area contributed by atoms with Crippen molar-refractivity contribution >= 4 is 5.71 Å². The Kier molecular flexibility index (Phi) is 4.44. The van der Waals surface area contributed by atoms with E-state index in [2.05, 4.69) is 6.92 Å². The van der Waals surface area contributed by atoms with Gasteiger partial charge >= 0.3 is 0 Å². The van der Waals surface area contributed by atoms with Gasteiger partial charge < -0.3 is 14.0 Å². The highest BCUT2D eigenvalue weighted by atomic mass is 19.1. The zero-order chi connectivity index (χ0) is 19.0. The molecular weight excluding hydrogens is 343 g/mol. The van der Waals surface area contributed by atoms with Gasteiger partial charge in [0.2, 0.25) is 0 Å². The minimum atomic E-state index is -0.278. The molecule has 0 amide bonds. The zero-order valence-corrected chi connectivity index (χ0v) is 15.6. The number of benzene rings is 2. The van der Waals surface area contributed by atoms with Crippen molar-refractivity contribution in [2.75, 3.05) is 14.2 Å². The van der Waals surface area contributed by atoms with Crippen LogP contribution in [0.3, 0.4) is 0 Å². The van der Waals surface area contributed by atoms with Gasteiger partial charge in [0.25, 0.3) is 0 Å². The van der Waals surface area contributed by atoms with Crippen molar-refractivity contribution in [3.8, 4) is 17.2 Å². The van der Waals surface area contributed by atoms with Gasteiger partial charge in [0.05, 0.1) is 37.4 Å². The average Bonchev–Trinajstić information content (AvgIpc) is 3.14. The van der Waals surface area contributed by atoms with Crippen LogP contribution in [0.15, 0.2) is 59.7 Å². The van der Waals surface area contributed by atoms with Crippen molar-refractivity contribution in [2.45, 2.75) is 19.4 Å². The summed E-state index contributed by atoms with van der Waals surface area (Å²) in [5.41, 5.74) is 4.00. The Bertz CT molecular complexity index is 1020. The molecule has 27 heavy (non-hydrogen) atoms. The Morgan fingerprint density at radius 2 is 1.78 bits per heavy atom. The van der Waals surface area contributed by atoms with Crippen LogP contribution in [-0.4, -0.2) is 24.5 Å². The maximum Gasteiger partial charge on any atom is 0.162 e. The van der Waals surface area contributed by atoms with E-state index >= 15 is 0 Å². The first-order valence-corrected chi connectivity index (χ1v) is 8.94. The van der Waals surface area contributed by atoms with Crippen LogP contribution in [-0.2, 0) is 0 Å². The van der Waals surface area contributed by atoms with Crippen LogP contribution in [0.5, 0.6) is 11.5 Å². The van der Waals surface area contributed by atoms with Gasteiger partial charge in [-0.15, -0.1) is 0 Å². The third-order valence-corrected chi connectivity index (χ3v) is 4.94. The Morgan fingerprint density at radius 1 is 1.04 bits per heavy atom. The summed E-state index contributed by atoms with van der Waals surface area (Å²) in [7, 11) is 3.24. The second kappa shape index (κ2) is 6.91. The number of methoxy groups -OCH3 is 2. The number of hydrogen-bond acceptors (Lipinski definition) is 3. The molecule has 0 bridgehead atoms. The summed E-state index contributed by atoms with van der Waals surface area (Å²) < 4.78 is 27.6. The molecule has 0 aliphatic carbocycles. The molecule has 0 spiro atoms. The average molecular weight is 364 g/mol. The molecule has 0 unspecified atom stereocenters. The summed E-state index contributed by atoms with van der Waals surface area (Å²) >= 11 is 0. The van der Waals surface area contributed by atoms with Crippen molar-refractivity contribution in [3.63, 3.8) is 0 Å². The number of halogens is 1. The summed E-state index contributed by atoms with van der Waals surface area (Å²) in [6.07, 6.45) is 2.75. The molecule has 0 saturated heterocycles. The minimum Gasteiger partial charge on any atom is -0.493 e. The van der Waals surface area contributed by atoms with E-state index in [4.69, 9.17) is 14.5 Å². The molecule has 0 radical (unpaired) electrons. The Labute approximate surface area is 157 Å². The first-order chi connectivity index (χ1) is 13.2. The maximum atomic E-state index is 14.6. The van der Waals surface area contributed by atoms with Crippen LogP contribution >= 0.6 is 0 Å². The standard InChI is InChI=1S/C22H21FN2O2/c1-4-17-15-12-20(26-2)21(27-3)13-19(15)25-11-7-10-18(25)22(24-17)14-8-5-6-9-16(14)23/h5-13,17H,4H2,1-3H3/t17-/m0/s1. The largest absolute Gasteiger partial charge is 0.493 e. The first kappa shape index (κ1) is 17.3. The molecule has 0 N–H and O–H groups in total. The topological polar surface area (TPSA) is 35.8 Å². The summed E-state index contributed by atoms with van der Waals surface area (Å²) in [5.74, 6) is 1.04. The molecule has 0 saturated carbocycles. The molecule has 4 nitrogen and oxygen atoms in total. The van der Waals surface area contributed by atoms with Gasteiger partial charge in [0, 0.05) is 23.4 Å². The Hall–Kier alpha value is -3.08. The molecular formula is C22H21FN2O2. The number of nitrogens with zero attached hydrogens (tertiary/aromatic N) is 2. The van der Waals surface area contributed by atoms with E-state index in [-0.39, 0.29) is 11.9 Å². The lowest BCUT2D eigenvalue weighted by molar-refractivity contribution is 0.354. The fourth-order valence-electron chi connectivity index (χ4n) is 3.61. The molecule has 1 aliphatic rings. The minimum absolute atomic E-state index is 0.116. The van der Waals surface area contributed by atoms with Gasteiger partial charge in [-0.1, -0.05) is 19.1 Å². The zero-order valence-electron chi connectivity index (χ0n) is 15.6. The Balaban J connectivity index is 2.01. The quantitative estimate of drug-likeness (QED) is 0.658. The van der Waals surface area contributed by atoms with Crippen LogP contribution in [0.2, 0.25) is 0 Å². The summed E-state index contributed by atoms with van der Waals surface area (Å²) in [4.78, 5) is 4.97. The van der Waals surface area contributed by atoms with Crippen molar-refractivity contribution in [3.05, 3.63) is 77.4 Å². The van der Waals surface area contributed by atoms with Crippen LogP contribution in [0.4, 0.5) is 4.39 Å². The molecule has 138 valence electrons. The molecule has 1 atom stereocenters. The summed E-state index contributed by atoms with van der Waals surface area (Å²) in [6, 6.07) is 14.5. The maximum absolute atomic E-state index is 14.6. The molecule has 2 heterocycles. The SMILES string of the molecule is CC[C@@H]1N=C(c2ccccc2F)c2cccn2-c2cc(OC)c(OC)cc21. The molecule has 4 rings (SSSR count). The summed E-state index contributed by atoms with van der Waals surface area (Å²) in [5, 5.41) is 0. The van der Waals surface area contributed by atoms with E-state index in [1.165, 1.54) is 6.07 Å². The third-order valence-electron chi connectivity index (χ3n) is 4.94. The van der Waals surface area contributed by atoms with Gasteiger partial charge in [0.1, 0.15) is 5.82 Å².